The molecule has 1 fully saturated rings. The summed E-state index contributed by atoms with van der Waals surface area (Å²) < 4.78 is 0. The van der Waals surface area contributed by atoms with Crippen molar-refractivity contribution < 1.29 is 4.79 Å². The Labute approximate surface area is 125 Å². The lowest BCUT2D eigenvalue weighted by atomic mass is 9.75. The monoisotopic (exact) mass is 295 g/mol. The first-order valence-corrected chi connectivity index (χ1v) is 8.12. The second-order valence-electron chi connectivity index (χ2n) is 6.98. The van der Waals surface area contributed by atoms with Crippen LogP contribution in [0.1, 0.15) is 46.7 Å². The van der Waals surface area contributed by atoms with Gasteiger partial charge in [0.2, 0.25) is 5.91 Å². The molecular weight excluding hydrogens is 270 g/mol. The smallest absolute Gasteiger partial charge is 0.233 e. The van der Waals surface area contributed by atoms with Crippen LogP contribution in [0.2, 0.25) is 0 Å². The second kappa shape index (κ2) is 5.45. The van der Waals surface area contributed by atoms with E-state index >= 15 is 0 Å². The van der Waals surface area contributed by atoms with E-state index in [-0.39, 0.29) is 16.7 Å². The van der Waals surface area contributed by atoms with E-state index in [1.54, 1.807) is 0 Å². The third kappa shape index (κ3) is 2.88. The van der Waals surface area contributed by atoms with Gasteiger partial charge in [0.15, 0.2) is 5.13 Å². The number of hydrogen-bond donors (Lipinski definition) is 2. The van der Waals surface area contributed by atoms with Crippen LogP contribution in [0.25, 0.3) is 0 Å². The highest BCUT2D eigenvalue weighted by Crippen LogP contribution is 2.36. The number of thiazole rings is 1. The largest absolute Gasteiger partial charge is 0.316 e. The van der Waals surface area contributed by atoms with Gasteiger partial charge in [-0.25, -0.2) is 4.98 Å². The summed E-state index contributed by atoms with van der Waals surface area (Å²) in [4.78, 5) is 17.2. The zero-order valence-electron chi connectivity index (χ0n) is 13.0. The third-order valence-electron chi connectivity index (χ3n) is 4.24. The van der Waals surface area contributed by atoms with E-state index in [4.69, 9.17) is 0 Å². The summed E-state index contributed by atoms with van der Waals surface area (Å²) in [7, 11) is 0. The van der Waals surface area contributed by atoms with E-state index in [9.17, 15) is 4.79 Å². The molecule has 0 radical (unpaired) electrons. The molecule has 0 aromatic carbocycles. The summed E-state index contributed by atoms with van der Waals surface area (Å²) >= 11 is 1.51. The number of nitrogens with zero attached hydrogens (tertiary/aromatic N) is 1. The molecule has 4 nitrogen and oxygen atoms in total. The van der Waals surface area contributed by atoms with Gasteiger partial charge in [-0.2, -0.15) is 0 Å². The van der Waals surface area contributed by atoms with Crippen molar-refractivity contribution in [1.29, 1.82) is 0 Å². The lowest BCUT2D eigenvalue weighted by Crippen LogP contribution is -2.42. The van der Waals surface area contributed by atoms with Crippen LogP contribution in [-0.4, -0.2) is 24.0 Å². The summed E-state index contributed by atoms with van der Waals surface area (Å²) in [5, 5.41) is 9.09. The highest BCUT2D eigenvalue weighted by Gasteiger charge is 2.44. The average Bonchev–Trinajstić information content (AvgIpc) is 2.96. The lowest BCUT2D eigenvalue weighted by Gasteiger charge is -2.30. The van der Waals surface area contributed by atoms with Crippen molar-refractivity contribution in [3.63, 3.8) is 0 Å². The van der Waals surface area contributed by atoms with E-state index in [1.165, 1.54) is 11.3 Å². The SMILES string of the molecule is CC(C)C1(C(=O)Nc2nc(C(C)(C)C)cs2)CCNC1. The van der Waals surface area contributed by atoms with Gasteiger partial charge in [-0.1, -0.05) is 34.6 Å². The summed E-state index contributed by atoms with van der Waals surface area (Å²) in [6.07, 6.45) is 0.897. The van der Waals surface area contributed by atoms with E-state index in [1.807, 2.05) is 5.38 Å². The van der Waals surface area contributed by atoms with Gasteiger partial charge in [0.1, 0.15) is 0 Å². The first-order valence-electron chi connectivity index (χ1n) is 7.24. The van der Waals surface area contributed by atoms with Gasteiger partial charge in [-0.05, 0) is 18.9 Å². The number of hydrogen-bond acceptors (Lipinski definition) is 4. The fraction of sp³-hybridized carbons (Fsp3) is 0.733. The minimum atomic E-state index is -0.298. The number of amides is 1. The maximum atomic E-state index is 12.7. The van der Waals surface area contributed by atoms with E-state index in [2.05, 4.69) is 50.2 Å². The van der Waals surface area contributed by atoms with Crippen LogP contribution in [0, 0.1) is 11.3 Å². The van der Waals surface area contributed by atoms with Crippen LogP contribution < -0.4 is 10.6 Å². The zero-order chi connectivity index (χ0) is 15.0. The van der Waals surface area contributed by atoms with Gasteiger partial charge < -0.3 is 10.6 Å². The Morgan fingerprint density at radius 3 is 2.65 bits per heavy atom. The van der Waals surface area contributed by atoms with Crippen molar-refractivity contribution in [3.8, 4) is 0 Å². The topological polar surface area (TPSA) is 54.0 Å². The normalized spacial score (nSPS) is 23.3. The number of anilines is 1. The second-order valence-corrected chi connectivity index (χ2v) is 7.84. The van der Waals surface area contributed by atoms with Crippen molar-refractivity contribution in [2.24, 2.45) is 11.3 Å². The zero-order valence-corrected chi connectivity index (χ0v) is 13.9. The lowest BCUT2D eigenvalue weighted by molar-refractivity contribution is -0.126. The van der Waals surface area contributed by atoms with Gasteiger partial charge in [0, 0.05) is 17.3 Å². The maximum absolute atomic E-state index is 12.7. The van der Waals surface area contributed by atoms with E-state index in [0.717, 1.165) is 25.2 Å². The predicted octanol–water partition coefficient (Wildman–Crippen LogP) is 3.01. The minimum Gasteiger partial charge on any atom is -0.316 e. The Morgan fingerprint density at radius 2 is 2.20 bits per heavy atom. The van der Waals surface area contributed by atoms with E-state index in [0.29, 0.717) is 11.0 Å². The molecule has 5 heteroatoms. The molecule has 2 heterocycles. The molecular formula is C15H25N3OS. The maximum Gasteiger partial charge on any atom is 0.233 e. The van der Waals surface area contributed by atoms with Crippen LogP contribution in [0.15, 0.2) is 5.38 Å². The van der Waals surface area contributed by atoms with E-state index < -0.39 is 0 Å². The molecule has 0 saturated carbocycles. The van der Waals surface area contributed by atoms with Crippen molar-refractivity contribution in [2.45, 2.75) is 46.5 Å². The standard InChI is InChI=1S/C15H25N3OS/c1-10(2)15(6-7-16-9-15)12(19)18-13-17-11(8-20-13)14(3,4)5/h8,10,16H,6-7,9H2,1-5H3,(H,17,18,19). The first kappa shape index (κ1) is 15.4. The number of carbonyl (C=O) groups excluding carboxylic acids is 1. The van der Waals surface area contributed by atoms with Gasteiger partial charge in [-0.15, -0.1) is 11.3 Å². The fourth-order valence-corrected chi connectivity index (χ4v) is 3.49. The number of nitrogens with one attached hydrogen (secondary N) is 2. The van der Waals surface area contributed by atoms with Crippen LogP contribution in [0.3, 0.4) is 0 Å². The summed E-state index contributed by atoms with van der Waals surface area (Å²) in [6, 6.07) is 0. The molecule has 1 unspecified atom stereocenters. The summed E-state index contributed by atoms with van der Waals surface area (Å²) in [5.74, 6) is 0.423. The molecule has 20 heavy (non-hydrogen) atoms. The molecule has 1 amide bonds. The Kier molecular flexibility index (Phi) is 4.21. The summed E-state index contributed by atoms with van der Waals surface area (Å²) in [6.45, 7) is 12.3. The molecule has 112 valence electrons. The molecule has 2 N–H and O–H groups in total. The Bertz CT molecular complexity index is 482. The van der Waals surface area contributed by atoms with Gasteiger partial charge >= 0.3 is 0 Å². The molecule has 1 saturated heterocycles. The third-order valence-corrected chi connectivity index (χ3v) is 5.00. The fourth-order valence-electron chi connectivity index (χ4n) is 2.56. The molecule has 1 aromatic rings. The molecule has 1 aliphatic heterocycles. The average molecular weight is 295 g/mol. The van der Waals surface area contributed by atoms with Gasteiger partial charge in [-0.3, -0.25) is 4.79 Å². The summed E-state index contributed by atoms with van der Waals surface area (Å²) in [5.41, 5.74) is 0.749. The molecule has 1 aliphatic rings. The Hall–Kier alpha value is -0.940. The minimum absolute atomic E-state index is 0.0180. The molecule has 2 rings (SSSR count). The van der Waals surface area contributed by atoms with Crippen molar-refractivity contribution in [1.82, 2.24) is 10.3 Å². The quantitative estimate of drug-likeness (QED) is 0.901. The van der Waals surface area contributed by atoms with Crippen LogP contribution >= 0.6 is 11.3 Å². The van der Waals surface area contributed by atoms with Gasteiger partial charge in [0.05, 0.1) is 11.1 Å². The van der Waals surface area contributed by atoms with Crippen molar-refractivity contribution >= 4 is 22.4 Å². The van der Waals surface area contributed by atoms with Crippen LogP contribution in [0.4, 0.5) is 5.13 Å². The number of aromatic nitrogens is 1. The first-order chi connectivity index (χ1) is 9.25. The molecule has 1 aromatic heterocycles. The highest BCUT2D eigenvalue weighted by molar-refractivity contribution is 7.14. The number of carbonyl (C=O) groups is 1. The molecule has 1 atom stereocenters. The van der Waals surface area contributed by atoms with Crippen molar-refractivity contribution in [2.75, 3.05) is 18.4 Å². The molecule has 0 spiro atoms. The predicted molar refractivity (Wildman–Crippen MR) is 84.2 cm³/mol. The molecule has 0 aliphatic carbocycles. The Balaban J connectivity index is 2.13. The molecule has 0 bridgehead atoms. The van der Waals surface area contributed by atoms with Crippen molar-refractivity contribution in [3.05, 3.63) is 11.1 Å². The highest BCUT2D eigenvalue weighted by atomic mass is 32.1. The van der Waals surface area contributed by atoms with Crippen LogP contribution in [-0.2, 0) is 10.2 Å². The van der Waals surface area contributed by atoms with Gasteiger partial charge in [0.25, 0.3) is 0 Å². The van der Waals surface area contributed by atoms with Crippen LogP contribution in [0.5, 0.6) is 0 Å². The Morgan fingerprint density at radius 1 is 1.50 bits per heavy atom. The number of rotatable bonds is 3.